The molecule has 2 N–H and O–H groups in total. The van der Waals surface area contributed by atoms with Crippen LogP contribution in [0.3, 0.4) is 0 Å². The number of nitrogens with one attached hydrogen (secondary N) is 1. The Bertz CT molecular complexity index is 520. The first-order valence-corrected chi connectivity index (χ1v) is 6.56. The Labute approximate surface area is 139 Å². The summed E-state index contributed by atoms with van der Waals surface area (Å²) in [5, 5.41) is 10.1. The van der Waals surface area contributed by atoms with Gasteiger partial charge in [0.15, 0.2) is 0 Å². The van der Waals surface area contributed by atoms with Crippen molar-refractivity contribution >= 4 is 36.1 Å². The van der Waals surface area contributed by atoms with Crippen molar-refractivity contribution in [3.05, 3.63) is 29.8 Å². The maximum Gasteiger partial charge on any atom is 0.369 e. The van der Waals surface area contributed by atoms with Crippen LogP contribution in [0.5, 0.6) is 5.75 Å². The van der Waals surface area contributed by atoms with Crippen LogP contribution in [0.15, 0.2) is 24.3 Å². The van der Waals surface area contributed by atoms with Crippen LogP contribution in [-0.4, -0.2) is 49.3 Å². The molecule has 23 heavy (non-hydrogen) atoms. The summed E-state index contributed by atoms with van der Waals surface area (Å²) in [6, 6.07) is 5.84. The van der Waals surface area contributed by atoms with Gasteiger partial charge in [0.1, 0.15) is 17.6 Å². The zero-order valence-corrected chi connectivity index (χ0v) is 13.8. The van der Waals surface area contributed by atoms with Gasteiger partial charge in [0.2, 0.25) is 5.91 Å². The van der Waals surface area contributed by atoms with Crippen LogP contribution in [0, 0.1) is 0 Å². The van der Waals surface area contributed by atoms with Crippen LogP contribution in [0.25, 0.3) is 0 Å². The van der Waals surface area contributed by atoms with E-state index >= 15 is 0 Å². The minimum Gasteiger partial charge on any atom is -0.478 e. The van der Waals surface area contributed by atoms with Gasteiger partial charge in [-0.3, -0.25) is 4.79 Å². The number of rotatable bonds is 4. The van der Waals surface area contributed by atoms with E-state index in [-0.39, 0.29) is 23.8 Å². The van der Waals surface area contributed by atoms with Gasteiger partial charge in [0.25, 0.3) is 0 Å². The van der Waals surface area contributed by atoms with Crippen molar-refractivity contribution in [2.75, 3.05) is 20.8 Å². The Morgan fingerprint density at radius 2 is 1.78 bits per heavy atom. The predicted octanol–water partition coefficient (Wildman–Crippen LogP) is 1.40. The third kappa shape index (κ3) is 14.3. The largest absolute Gasteiger partial charge is 0.478 e. The van der Waals surface area contributed by atoms with Gasteiger partial charge in [0, 0.05) is 21.1 Å². The summed E-state index contributed by atoms with van der Waals surface area (Å²) < 4.78 is 8.80. The Morgan fingerprint density at radius 1 is 1.26 bits per heavy atom. The molecule has 0 spiro atoms. The number of amides is 1. The highest BCUT2D eigenvalue weighted by Gasteiger charge is 2.11. The molecule has 9 heteroatoms. The molecule has 0 unspecified atom stereocenters. The normalized spacial score (nSPS) is 8.35. The third-order valence-corrected chi connectivity index (χ3v) is 1.84. The monoisotopic (exact) mass is 345 g/mol. The molecule has 1 aromatic rings. The molecule has 0 atom stereocenters. The van der Waals surface area contributed by atoms with E-state index in [1.165, 1.54) is 19.1 Å². The number of para-hydroxylation sites is 1. The molecule has 0 aliphatic carbocycles. The molecule has 0 radical (unpaired) electrons. The van der Waals surface area contributed by atoms with Crippen LogP contribution in [0.4, 0.5) is 4.79 Å². The van der Waals surface area contributed by atoms with Crippen molar-refractivity contribution < 1.29 is 33.8 Å². The summed E-state index contributed by atoms with van der Waals surface area (Å²) in [4.78, 5) is 40.5. The number of aldehydes is 1. The Hall–Kier alpha value is -2.39. The van der Waals surface area contributed by atoms with Gasteiger partial charge in [-0.05, 0) is 12.1 Å². The molecule has 128 valence electrons. The van der Waals surface area contributed by atoms with E-state index in [0.717, 1.165) is 0 Å². The molecule has 0 aromatic heterocycles. The number of carbonyl (C=O) groups is 4. The minimum absolute atomic E-state index is 0.00463. The maximum atomic E-state index is 10.6. The number of carbonyl (C=O) groups excluding carboxylic acids is 3. The molecule has 1 rings (SSSR count). The van der Waals surface area contributed by atoms with Crippen molar-refractivity contribution in [3.63, 3.8) is 0 Å². The molecule has 0 saturated heterocycles. The number of carboxylic acids is 1. The number of carboxylic acid groups (broad SMARTS) is 1. The summed E-state index contributed by atoms with van der Waals surface area (Å²) in [6.45, 7) is 1.48. The predicted molar refractivity (Wildman–Crippen MR) is 86.1 cm³/mol. The van der Waals surface area contributed by atoms with Gasteiger partial charge in [0.05, 0.1) is 6.54 Å². The average molecular weight is 345 g/mol. The molecular formula is C14H19NO7S. The zero-order valence-electron chi connectivity index (χ0n) is 12.9. The van der Waals surface area contributed by atoms with E-state index in [0.29, 0.717) is 6.29 Å². The van der Waals surface area contributed by atoms with Crippen molar-refractivity contribution in [3.8, 4) is 5.75 Å². The Morgan fingerprint density at radius 3 is 2.13 bits per heavy atom. The number of hydrogen-bond acceptors (Lipinski definition) is 6. The number of hydrogen-bond donors (Lipinski definition) is 3. The molecule has 8 nitrogen and oxygen atoms in total. The number of benzene rings is 1. The fraction of sp³-hybridized carbons (Fsp3) is 0.286. The number of methoxy groups -OCH3 is 1. The van der Waals surface area contributed by atoms with Gasteiger partial charge in [-0.1, -0.05) is 24.8 Å². The van der Waals surface area contributed by atoms with Crippen LogP contribution >= 0.6 is 12.6 Å². The van der Waals surface area contributed by atoms with Gasteiger partial charge >= 0.3 is 11.3 Å². The van der Waals surface area contributed by atoms with Gasteiger partial charge < -0.3 is 24.7 Å². The first kappa shape index (κ1) is 22.9. The number of ether oxygens (including phenoxy) is 2. The fourth-order valence-electron chi connectivity index (χ4n) is 1.01. The highest BCUT2D eigenvalue weighted by molar-refractivity contribution is 7.96. The molecule has 0 fully saturated rings. The molecular weight excluding hydrogens is 326 g/mol. The maximum absolute atomic E-state index is 10.6. The molecule has 0 saturated carbocycles. The van der Waals surface area contributed by atoms with Gasteiger partial charge in [-0.15, -0.1) is 0 Å². The lowest BCUT2D eigenvalue weighted by molar-refractivity contribution is -0.120. The third-order valence-electron chi connectivity index (χ3n) is 1.75. The molecule has 0 aliphatic heterocycles. The van der Waals surface area contributed by atoms with Crippen LogP contribution in [0.2, 0.25) is 0 Å². The van der Waals surface area contributed by atoms with Crippen molar-refractivity contribution in [1.29, 1.82) is 0 Å². The van der Waals surface area contributed by atoms with E-state index in [2.05, 4.69) is 27.4 Å². The number of thiol groups is 1. The van der Waals surface area contributed by atoms with Crippen LogP contribution in [-0.2, 0) is 14.3 Å². The molecule has 1 aromatic carbocycles. The topological polar surface area (TPSA) is 119 Å². The van der Waals surface area contributed by atoms with Gasteiger partial charge in [-0.2, -0.15) is 0 Å². The highest BCUT2D eigenvalue weighted by Crippen LogP contribution is 2.18. The quantitative estimate of drug-likeness (QED) is 0.429. The summed E-state index contributed by atoms with van der Waals surface area (Å²) >= 11 is 3.37. The number of aromatic carboxylic acids is 1. The van der Waals surface area contributed by atoms with E-state index < -0.39 is 11.3 Å². The molecule has 0 heterocycles. The lowest BCUT2D eigenvalue weighted by atomic mass is 10.2. The average Bonchev–Trinajstić information content (AvgIpc) is 2.46. The standard InChI is InChI=1S/C8H6O4S.C4H7NO2.C2H6O/c9-7(10)5-3-1-2-4-6(5)12-8(11)13;1-4(7)5-2-3-6;1-3-2/h1-4H,(H,9,10)(H,11,13);3H,2H2,1H3,(H,5,7);1-2H3. The van der Waals surface area contributed by atoms with Crippen molar-refractivity contribution in [2.45, 2.75) is 6.92 Å². The first-order chi connectivity index (χ1) is 10.8. The summed E-state index contributed by atoms with van der Waals surface area (Å²) in [5.41, 5.74) is -0.0649. The van der Waals surface area contributed by atoms with E-state index in [1.54, 1.807) is 26.4 Å². The van der Waals surface area contributed by atoms with Crippen molar-refractivity contribution in [1.82, 2.24) is 5.32 Å². The summed E-state index contributed by atoms with van der Waals surface area (Å²) in [5.74, 6) is -1.33. The smallest absolute Gasteiger partial charge is 0.369 e. The highest BCUT2D eigenvalue weighted by atomic mass is 32.1. The Kier molecular flexibility index (Phi) is 14.5. The minimum atomic E-state index is -1.15. The van der Waals surface area contributed by atoms with E-state index in [4.69, 9.17) is 5.11 Å². The zero-order chi connectivity index (χ0) is 18.3. The second kappa shape index (κ2) is 14.5. The van der Waals surface area contributed by atoms with Crippen molar-refractivity contribution in [2.24, 2.45) is 0 Å². The molecule has 0 bridgehead atoms. The van der Waals surface area contributed by atoms with E-state index in [1.807, 2.05) is 0 Å². The van der Waals surface area contributed by atoms with E-state index in [9.17, 15) is 19.2 Å². The lowest BCUT2D eigenvalue weighted by Gasteiger charge is -2.03. The SMILES string of the molecule is CC(=O)NCC=O.COC.O=C(S)Oc1ccccc1C(=O)O. The molecule has 0 aliphatic rings. The summed E-state index contributed by atoms with van der Waals surface area (Å²) in [7, 11) is 3.25. The second-order valence-electron chi connectivity index (χ2n) is 3.68. The Balaban J connectivity index is 0. The lowest BCUT2D eigenvalue weighted by Crippen LogP contribution is -2.21. The van der Waals surface area contributed by atoms with Crippen LogP contribution in [0.1, 0.15) is 17.3 Å². The fourth-order valence-corrected chi connectivity index (χ4v) is 1.11. The second-order valence-corrected chi connectivity index (χ2v) is 4.05. The van der Waals surface area contributed by atoms with Gasteiger partial charge in [-0.25, -0.2) is 9.59 Å². The molecule has 1 amide bonds. The summed E-state index contributed by atoms with van der Waals surface area (Å²) in [6.07, 6.45) is 0.640. The van der Waals surface area contributed by atoms with Crippen LogP contribution < -0.4 is 10.1 Å². The first-order valence-electron chi connectivity index (χ1n) is 6.11.